The zero-order chi connectivity index (χ0) is 25.3. The molecule has 3 heterocycles. The molecule has 1 atom stereocenters. The first-order valence-corrected chi connectivity index (χ1v) is 11.9. The van der Waals surface area contributed by atoms with Gasteiger partial charge < -0.3 is 15.0 Å². The van der Waals surface area contributed by atoms with Gasteiger partial charge >= 0.3 is 12.2 Å². The molecule has 1 aromatic heterocycles. The fourth-order valence-electron chi connectivity index (χ4n) is 4.83. The maximum atomic E-state index is 13.6. The molecule has 36 heavy (non-hydrogen) atoms. The van der Waals surface area contributed by atoms with E-state index in [1.807, 2.05) is 12.1 Å². The van der Waals surface area contributed by atoms with Gasteiger partial charge in [0.05, 0.1) is 24.3 Å². The summed E-state index contributed by atoms with van der Waals surface area (Å²) < 4.78 is 46.3. The van der Waals surface area contributed by atoms with Crippen LogP contribution in [0.4, 0.5) is 29.5 Å². The summed E-state index contributed by atoms with van der Waals surface area (Å²) in [6.07, 6.45) is -2.53. The summed E-state index contributed by atoms with van der Waals surface area (Å²) in [5.41, 5.74) is -0.183. The van der Waals surface area contributed by atoms with Gasteiger partial charge in [-0.3, -0.25) is 4.90 Å². The minimum absolute atomic E-state index is 0.126. The van der Waals surface area contributed by atoms with Crippen LogP contribution in [-0.2, 0) is 22.9 Å². The molecule has 3 aromatic rings. The Balaban J connectivity index is 1.57. The summed E-state index contributed by atoms with van der Waals surface area (Å²) in [6, 6.07) is 15.3. The van der Waals surface area contributed by atoms with Crippen LogP contribution in [0.3, 0.4) is 0 Å². The third-order valence-corrected chi connectivity index (χ3v) is 6.87. The van der Waals surface area contributed by atoms with Gasteiger partial charge in [0.15, 0.2) is 0 Å². The summed E-state index contributed by atoms with van der Waals surface area (Å²) in [6.45, 7) is 2.87. The van der Waals surface area contributed by atoms with Gasteiger partial charge in [0.1, 0.15) is 5.82 Å². The lowest BCUT2D eigenvalue weighted by Gasteiger charge is -2.38. The van der Waals surface area contributed by atoms with Crippen molar-refractivity contribution in [2.24, 2.45) is 0 Å². The number of morpholine rings is 1. The van der Waals surface area contributed by atoms with Crippen molar-refractivity contribution in [3.05, 3.63) is 88.6 Å². The molecular weight excluding hydrogens is 493 g/mol. The summed E-state index contributed by atoms with van der Waals surface area (Å²) >= 11 is 6.06. The summed E-state index contributed by atoms with van der Waals surface area (Å²) in [5, 5.41) is 3.34. The highest BCUT2D eigenvalue weighted by atomic mass is 35.5. The quantitative estimate of drug-likeness (QED) is 0.503. The number of nitrogens with one attached hydrogen (secondary N) is 1. The van der Waals surface area contributed by atoms with Crippen LogP contribution in [0.2, 0.25) is 5.02 Å². The van der Waals surface area contributed by atoms with Crippen molar-refractivity contribution in [1.29, 1.82) is 0 Å². The minimum atomic E-state index is -4.51. The molecule has 1 N–H and O–H groups in total. The highest BCUT2D eigenvalue weighted by molar-refractivity contribution is 6.30. The van der Waals surface area contributed by atoms with Crippen LogP contribution in [-0.4, -0.2) is 43.9 Å². The van der Waals surface area contributed by atoms with Crippen LogP contribution in [0.5, 0.6) is 0 Å². The van der Waals surface area contributed by atoms with Crippen LogP contribution in [0.15, 0.2) is 66.9 Å². The largest absolute Gasteiger partial charge is 0.416 e. The second-order valence-electron chi connectivity index (χ2n) is 8.88. The van der Waals surface area contributed by atoms with Crippen molar-refractivity contribution in [3.63, 3.8) is 0 Å². The number of aromatic nitrogens is 1. The molecule has 0 aliphatic carbocycles. The molecule has 2 saturated heterocycles. The number of carbonyl (C=O) groups excluding carboxylic acids is 1. The first-order valence-electron chi connectivity index (χ1n) is 11.6. The molecule has 5 rings (SSSR count). The maximum absolute atomic E-state index is 13.6. The Kier molecular flexibility index (Phi) is 6.53. The number of pyridine rings is 1. The van der Waals surface area contributed by atoms with Gasteiger partial charge in [0.25, 0.3) is 0 Å². The average molecular weight is 517 g/mol. The molecule has 0 spiro atoms. The van der Waals surface area contributed by atoms with E-state index in [1.54, 1.807) is 36.5 Å². The molecule has 0 unspecified atom stereocenters. The standard InChI is InChI=1S/C26H24ClF3N4O2/c27-21-5-7-22(8-6-21)34-24(35)32-17-25(34,19-2-1-3-20(14-19)26(28,29)30)15-18-4-9-23(31-16-18)33-10-12-36-13-11-33/h1-9,14,16H,10-13,15,17H2,(H,32,35)/t25-/m1/s1. The number of rotatable bonds is 5. The second-order valence-corrected chi connectivity index (χ2v) is 9.32. The molecule has 188 valence electrons. The van der Waals surface area contributed by atoms with Gasteiger partial charge in [-0.2, -0.15) is 13.2 Å². The van der Waals surface area contributed by atoms with Crippen molar-refractivity contribution in [2.45, 2.75) is 18.1 Å². The van der Waals surface area contributed by atoms with E-state index in [4.69, 9.17) is 16.3 Å². The van der Waals surface area contributed by atoms with E-state index in [1.165, 1.54) is 11.0 Å². The number of halogens is 4. The van der Waals surface area contributed by atoms with E-state index in [9.17, 15) is 18.0 Å². The highest BCUT2D eigenvalue weighted by Gasteiger charge is 2.48. The van der Waals surface area contributed by atoms with Crippen LogP contribution < -0.4 is 15.1 Å². The number of benzene rings is 2. The van der Waals surface area contributed by atoms with Crippen molar-refractivity contribution >= 4 is 29.1 Å². The highest BCUT2D eigenvalue weighted by Crippen LogP contribution is 2.41. The van der Waals surface area contributed by atoms with E-state index in [0.717, 1.165) is 36.6 Å². The zero-order valence-corrected chi connectivity index (χ0v) is 20.0. The summed E-state index contributed by atoms with van der Waals surface area (Å²) in [4.78, 5) is 21.4. The van der Waals surface area contributed by atoms with E-state index < -0.39 is 23.3 Å². The summed E-state index contributed by atoms with van der Waals surface area (Å²) in [7, 11) is 0. The van der Waals surface area contributed by atoms with Crippen LogP contribution in [0.25, 0.3) is 0 Å². The monoisotopic (exact) mass is 516 g/mol. The first-order chi connectivity index (χ1) is 17.3. The van der Waals surface area contributed by atoms with Gasteiger partial charge in [-0.15, -0.1) is 0 Å². The first kappa shape index (κ1) is 24.4. The number of hydrogen-bond acceptors (Lipinski definition) is 4. The number of hydrogen-bond donors (Lipinski definition) is 1. The average Bonchev–Trinajstić information content (AvgIpc) is 3.22. The van der Waals surface area contributed by atoms with Crippen LogP contribution in [0.1, 0.15) is 16.7 Å². The lowest BCUT2D eigenvalue weighted by Crippen LogP contribution is -2.47. The predicted molar refractivity (Wildman–Crippen MR) is 131 cm³/mol. The SMILES string of the molecule is O=C1NC[C@](Cc2ccc(N3CCOCC3)nc2)(c2cccc(C(F)(F)F)c2)N1c1ccc(Cl)cc1. The number of ether oxygens (including phenoxy) is 1. The summed E-state index contributed by atoms with van der Waals surface area (Å²) in [5.74, 6) is 0.811. The van der Waals surface area contributed by atoms with Crippen molar-refractivity contribution < 1.29 is 22.7 Å². The Labute approximate surface area is 211 Å². The predicted octanol–water partition coefficient (Wildman–Crippen LogP) is 5.26. The number of carbonyl (C=O) groups is 1. The number of urea groups is 1. The Hall–Kier alpha value is -3.30. The number of anilines is 2. The zero-order valence-electron chi connectivity index (χ0n) is 19.3. The van der Waals surface area contributed by atoms with Crippen molar-refractivity contribution in [3.8, 4) is 0 Å². The lowest BCUT2D eigenvalue weighted by atomic mass is 9.82. The normalized spacial score (nSPS) is 20.5. The van der Waals surface area contributed by atoms with E-state index in [-0.39, 0.29) is 13.0 Å². The maximum Gasteiger partial charge on any atom is 0.416 e. The molecule has 0 bridgehead atoms. The topological polar surface area (TPSA) is 57.7 Å². The van der Waals surface area contributed by atoms with Gasteiger partial charge in [-0.05, 0) is 53.6 Å². The molecule has 2 aliphatic rings. The van der Waals surface area contributed by atoms with Gasteiger partial charge in [0, 0.05) is 43.0 Å². The lowest BCUT2D eigenvalue weighted by molar-refractivity contribution is -0.137. The molecule has 0 saturated carbocycles. The third-order valence-electron chi connectivity index (χ3n) is 6.62. The third kappa shape index (κ3) is 4.73. The number of amides is 2. The Morgan fingerprint density at radius 3 is 2.47 bits per heavy atom. The molecule has 6 nitrogen and oxygen atoms in total. The van der Waals surface area contributed by atoms with Crippen molar-refractivity contribution in [2.75, 3.05) is 42.6 Å². The molecule has 2 fully saturated rings. The fraction of sp³-hybridized carbons (Fsp3) is 0.308. The number of nitrogens with zero attached hydrogens (tertiary/aromatic N) is 3. The molecule has 2 aliphatic heterocycles. The Bertz CT molecular complexity index is 1230. The Morgan fingerprint density at radius 2 is 1.81 bits per heavy atom. The second kappa shape index (κ2) is 9.63. The van der Waals surface area contributed by atoms with E-state index in [2.05, 4.69) is 15.2 Å². The van der Waals surface area contributed by atoms with Gasteiger partial charge in [0.2, 0.25) is 0 Å². The molecule has 2 amide bonds. The van der Waals surface area contributed by atoms with Crippen molar-refractivity contribution in [1.82, 2.24) is 10.3 Å². The van der Waals surface area contributed by atoms with Gasteiger partial charge in [-0.1, -0.05) is 29.8 Å². The van der Waals surface area contributed by atoms with E-state index in [0.29, 0.717) is 29.5 Å². The fourth-order valence-corrected chi connectivity index (χ4v) is 4.95. The minimum Gasteiger partial charge on any atom is -0.378 e. The molecule has 0 radical (unpaired) electrons. The molecular formula is C26H24ClF3N4O2. The van der Waals surface area contributed by atoms with Crippen LogP contribution in [0, 0.1) is 0 Å². The number of alkyl halides is 3. The van der Waals surface area contributed by atoms with Gasteiger partial charge in [-0.25, -0.2) is 9.78 Å². The smallest absolute Gasteiger partial charge is 0.378 e. The van der Waals surface area contributed by atoms with Crippen LogP contribution >= 0.6 is 11.6 Å². The van der Waals surface area contributed by atoms with E-state index >= 15 is 0 Å². The molecule has 2 aromatic carbocycles. The molecule has 10 heteroatoms. The Morgan fingerprint density at radius 1 is 1.06 bits per heavy atom.